The second kappa shape index (κ2) is 8.50. The van der Waals surface area contributed by atoms with Gasteiger partial charge in [0.25, 0.3) is 0 Å². The Bertz CT molecular complexity index is 568. The number of hydrogen-bond acceptors (Lipinski definition) is 2. The summed E-state index contributed by atoms with van der Waals surface area (Å²) in [5.41, 5.74) is 1.58. The number of aliphatic imine (C=N–C) groups is 1. The van der Waals surface area contributed by atoms with E-state index in [0.717, 1.165) is 31.5 Å². The van der Waals surface area contributed by atoms with Crippen molar-refractivity contribution in [2.24, 2.45) is 4.99 Å². The molecule has 126 valence electrons. The number of benzene rings is 1. The summed E-state index contributed by atoms with van der Waals surface area (Å²) < 4.78 is 13.3. The highest BCUT2D eigenvalue weighted by atomic mass is 19.1. The second-order valence-corrected chi connectivity index (χ2v) is 5.80. The fraction of sp³-hybridized carbons (Fsp3) is 0.529. The van der Waals surface area contributed by atoms with Crippen molar-refractivity contribution in [3.8, 4) is 0 Å². The van der Waals surface area contributed by atoms with Gasteiger partial charge in [0.15, 0.2) is 5.96 Å². The zero-order valence-electron chi connectivity index (χ0n) is 13.9. The van der Waals surface area contributed by atoms with Gasteiger partial charge < -0.3 is 15.5 Å². The van der Waals surface area contributed by atoms with Gasteiger partial charge in [-0.25, -0.2) is 4.39 Å². The van der Waals surface area contributed by atoms with Crippen LogP contribution in [0.25, 0.3) is 0 Å². The highest BCUT2D eigenvalue weighted by Crippen LogP contribution is 2.09. The molecule has 0 saturated carbocycles. The van der Waals surface area contributed by atoms with Crippen molar-refractivity contribution in [2.75, 3.05) is 26.7 Å². The summed E-state index contributed by atoms with van der Waals surface area (Å²) in [6.45, 7) is 4.20. The Morgan fingerprint density at radius 1 is 1.26 bits per heavy atom. The van der Waals surface area contributed by atoms with Crippen LogP contribution in [0.5, 0.6) is 0 Å². The zero-order chi connectivity index (χ0) is 16.7. The van der Waals surface area contributed by atoms with Crippen LogP contribution in [0, 0.1) is 12.7 Å². The smallest absolute Gasteiger partial charge is 0.241 e. The maximum absolute atomic E-state index is 13.3. The van der Waals surface area contributed by atoms with Crippen LogP contribution in [0.15, 0.2) is 23.2 Å². The van der Waals surface area contributed by atoms with Crippen molar-refractivity contribution in [3.63, 3.8) is 0 Å². The second-order valence-electron chi connectivity index (χ2n) is 5.80. The van der Waals surface area contributed by atoms with E-state index in [-0.39, 0.29) is 18.3 Å². The zero-order valence-corrected chi connectivity index (χ0v) is 13.9. The molecular formula is C17H25FN4O. The van der Waals surface area contributed by atoms with E-state index >= 15 is 0 Å². The molecule has 0 bridgehead atoms. The van der Waals surface area contributed by atoms with E-state index < -0.39 is 0 Å². The van der Waals surface area contributed by atoms with Crippen LogP contribution < -0.4 is 10.6 Å². The Labute approximate surface area is 137 Å². The first-order chi connectivity index (χ1) is 11.1. The largest absolute Gasteiger partial charge is 0.352 e. The van der Waals surface area contributed by atoms with Gasteiger partial charge in [-0.1, -0.05) is 12.1 Å². The molecule has 1 amide bonds. The van der Waals surface area contributed by atoms with Crippen molar-refractivity contribution in [3.05, 3.63) is 35.1 Å². The highest BCUT2D eigenvalue weighted by Gasteiger charge is 2.16. The first kappa shape index (κ1) is 17.2. The monoisotopic (exact) mass is 320 g/mol. The molecular weight excluding hydrogens is 295 g/mol. The third kappa shape index (κ3) is 5.23. The number of nitrogens with one attached hydrogen (secondary N) is 2. The molecule has 1 aromatic carbocycles. The van der Waals surface area contributed by atoms with Crippen LogP contribution >= 0.6 is 0 Å². The molecule has 1 aliphatic heterocycles. The number of halogens is 1. The molecule has 0 radical (unpaired) electrons. The van der Waals surface area contributed by atoms with Gasteiger partial charge in [-0.2, -0.15) is 0 Å². The van der Waals surface area contributed by atoms with E-state index in [1.807, 2.05) is 4.90 Å². The summed E-state index contributed by atoms with van der Waals surface area (Å²) in [6, 6.07) is 5.00. The van der Waals surface area contributed by atoms with Crippen LogP contribution in [0.3, 0.4) is 0 Å². The minimum Gasteiger partial charge on any atom is -0.352 e. The Balaban J connectivity index is 1.78. The quantitative estimate of drug-likeness (QED) is 0.657. The van der Waals surface area contributed by atoms with E-state index in [1.54, 1.807) is 26.1 Å². The van der Waals surface area contributed by atoms with Crippen LogP contribution in [0.2, 0.25) is 0 Å². The summed E-state index contributed by atoms with van der Waals surface area (Å²) in [6.07, 6.45) is 3.38. The summed E-state index contributed by atoms with van der Waals surface area (Å²) in [4.78, 5) is 18.1. The number of amides is 1. The summed E-state index contributed by atoms with van der Waals surface area (Å²) in [7, 11) is 1.66. The number of aryl methyl sites for hydroxylation is 1. The van der Waals surface area contributed by atoms with Gasteiger partial charge in [0.2, 0.25) is 5.91 Å². The molecule has 1 aliphatic rings. The Kier molecular flexibility index (Phi) is 6.38. The minimum absolute atomic E-state index is 0.102. The number of hydrogen-bond donors (Lipinski definition) is 2. The summed E-state index contributed by atoms with van der Waals surface area (Å²) in [5, 5.41) is 6.17. The van der Waals surface area contributed by atoms with E-state index in [2.05, 4.69) is 15.6 Å². The number of carbonyl (C=O) groups excluding carboxylic acids is 1. The van der Waals surface area contributed by atoms with Crippen molar-refractivity contribution in [1.82, 2.24) is 15.5 Å². The topological polar surface area (TPSA) is 56.7 Å². The SMILES string of the molecule is CN=C(NCC(=O)N1CCCCC1)NCc1ccc(F)c(C)c1. The molecule has 1 aromatic rings. The molecule has 5 nitrogen and oxygen atoms in total. The van der Waals surface area contributed by atoms with Gasteiger partial charge in [0, 0.05) is 26.7 Å². The third-order valence-electron chi connectivity index (χ3n) is 4.02. The lowest BCUT2D eigenvalue weighted by Crippen LogP contribution is -2.45. The van der Waals surface area contributed by atoms with Gasteiger partial charge in [0.1, 0.15) is 5.82 Å². The third-order valence-corrected chi connectivity index (χ3v) is 4.02. The van der Waals surface area contributed by atoms with E-state index in [4.69, 9.17) is 0 Å². The normalized spacial score (nSPS) is 15.4. The molecule has 0 spiro atoms. The molecule has 2 N–H and O–H groups in total. The van der Waals surface area contributed by atoms with Gasteiger partial charge in [-0.15, -0.1) is 0 Å². The molecule has 1 saturated heterocycles. The summed E-state index contributed by atoms with van der Waals surface area (Å²) in [5.74, 6) is 0.464. The Morgan fingerprint density at radius 2 is 2.00 bits per heavy atom. The first-order valence-electron chi connectivity index (χ1n) is 8.07. The van der Waals surface area contributed by atoms with Gasteiger partial charge >= 0.3 is 0 Å². The number of guanidine groups is 1. The van der Waals surface area contributed by atoms with Crippen molar-refractivity contribution < 1.29 is 9.18 Å². The van der Waals surface area contributed by atoms with Crippen LogP contribution in [0.4, 0.5) is 4.39 Å². The fourth-order valence-corrected chi connectivity index (χ4v) is 2.64. The predicted molar refractivity (Wildman–Crippen MR) is 89.8 cm³/mol. The highest BCUT2D eigenvalue weighted by molar-refractivity contribution is 5.86. The molecule has 0 aromatic heterocycles. The number of rotatable bonds is 4. The number of piperidine rings is 1. The molecule has 23 heavy (non-hydrogen) atoms. The lowest BCUT2D eigenvalue weighted by Gasteiger charge is -2.27. The predicted octanol–water partition coefficient (Wildman–Crippen LogP) is 1.81. The average molecular weight is 320 g/mol. The molecule has 6 heteroatoms. The molecule has 1 fully saturated rings. The Morgan fingerprint density at radius 3 is 2.65 bits per heavy atom. The van der Waals surface area contributed by atoms with Crippen molar-refractivity contribution in [2.45, 2.75) is 32.7 Å². The van der Waals surface area contributed by atoms with Gasteiger partial charge in [-0.05, 0) is 43.4 Å². The van der Waals surface area contributed by atoms with Crippen LogP contribution in [0.1, 0.15) is 30.4 Å². The lowest BCUT2D eigenvalue weighted by molar-refractivity contribution is -0.130. The van der Waals surface area contributed by atoms with E-state index in [9.17, 15) is 9.18 Å². The maximum atomic E-state index is 13.3. The number of carbonyl (C=O) groups is 1. The molecule has 1 heterocycles. The van der Waals surface area contributed by atoms with E-state index in [0.29, 0.717) is 18.1 Å². The first-order valence-corrected chi connectivity index (χ1v) is 8.07. The average Bonchev–Trinajstić information content (AvgIpc) is 2.58. The van der Waals surface area contributed by atoms with Crippen LogP contribution in [-0.2, 0) is 11.3 Å². The maximum Gasteiger partial charge on any atom is 0.241 e. The van der Waals surface area contributed by atoms with Crippen molar-refractivity contribution >= 4 is 11.9 Å². The molecule has 0 aliphatic carbocycles. The van der Waals surface area contributed by atoms with Crippen molar-refractivity contribution in [1.29, 1.82) is 0 Å². The summed E-state index contributed by atoms with van der Waals surface area (Å²) >= 11 is 0. The van der Waals surface area contributed by atoms with Crippen LogP contribution in [-0.4, -0.2) is 43.4 Å². The Hall–Kier alpha value is -2.11. The number of nitrogens with zero attached hydrogens (tertiary/aromatic N) is 2. The van der Waals surface area contributed by atoms with E-state index in [1.165, 1.54) is 12.5 Å². The minimum atomic E-state index is -0.205. The molecule has 0 atom stereocenters. The van der Waals surface area contributed by atoms with Gasteiger partial charge in [-0.3, -0.25) is 9.79 Å². The molecule has 2 rings (SSSR count). The standard InChI is InChI=1S/C17H25FN4O/c1-13-10-14(6-7-15(13)18)11-20-17(19-2)21-12-16(23)22-8-4-3-5-9-22/h6-7,10H,3-5,8-9,11-12H2,1-2H3,(H2,19,20,21). The molecule has 0 unspecified atom stereocenters. The number of likely N-dealkylation sites (tertiary alicyclic amines) is 1. The lowest BCUT2D eigenvalue weighted by atomic mass is 10.1. The fourth-order valence-electron chi connectivity index (χ4n) is 2.64. The van der Waals surface area contributed by atoms with Gasteiger partial charge in [0.05, 0.1) is 6.54 Å².